The van der Waals surface area contributed by atoms with Crippen LogP contribution in [-0.2, 0) is 4.57 Å². The maximum atomic E-state index is 14.3. The Kier molecular flexibility index (Phi) is 6.05. The molecule has 1 fully saturated rings. The fourth-order valence-corrected chi connectivity index (χ4v) is 6.50. The molecule has 140 valence electrons. The van der Waals surface area contributed by atoms with Gasteiger partial charge in [-0.05, 0) is 43.0 Å². The second kappa shape index (κ2) is 8.28. The number of aliphatic hydroxyl groups is 1. The van der Waals surface area contributed by atoms with E-state index in [-0.39, 0.29) is 12.1 Å². The Balaban J connectivity index is 1.93. The van der Waals surface area contributed by atoms with Crippen LogP contribution in [0.2, 0.25) is 0 Å². The molecule has 0 saturated heterocycles. The number of rotatable bonds is 7. The van der Waals surface area contributed by atoms with Crippen molar-refractivity contribution >= 4 is 18.8 Å². The van der Waals surface area contributed by atoms with Crippen LogP contribution in [0.3, 0.4) is 0 Å². The summed E-state index contributed by atoms with van der Waals surface area (Å²) in [7, 11) is 0.707. The predicted molar refractivity (Wildman–Crippen MR) is 110 cm³/mol. The van der Waals surface area contributed by atoms with Crippen molar-refractivity contribution in [3.8, 4) is 0 Å². The van der Waals surface area contributed by atoms with E-state index in [2.05, 4.69) is 0 Å². The Bertz CT molecular complexity index is 683. The van der Waals surface area contributed by atoms with E-state index in [1.54, 1.807) is 0 Å². The average Bonchev–Trinajstić information content (AvgIpc) is 3.23. The largest absolute Gasteiger partial charge is 0.392 e. The Hall–Kier alpha value is -1.77. The van der Waals surface area contributed by atoms with Crippen LogP contribution < -0.4 is 9.34 Å². The Morgan fingerprint density at radius 3 is 1.77 bits per heavy atom. The molecular formula is C21H29N2O2P. The summed E-state index contributed by atoms with van der Waals surface area (Å²) >= 11 is 0. The summed E-state index contributed by atoms with van der Waals surface area (Å²) in [4.78, 5) is 0. The van der Waals surface area contributed by atoms with Crippen LogP contribution >= 0.6 is 7.44 Å². The van der Waals surface area contributed by atoms with Gasteiger partial charge in [-0.1, -0.05) is 49.2 Å². The topological polar surface area (TPSA) is 43.8 Å². The molecule has 1 saturated carbocycles. The maximum absolute atomic E-state index is 14.3. The first-order valence-corrected chi connectivity index (χ1v) is 11.2. The van der Waals surface area contributed by atoms with Crippen LogP contribution in [-0.4, -0.2) is 31.5 Å². The zero-order valence-electron chi connectivity index (χ0n) is 15.7. The number of aliphatic hydroxyl groups excluding tert-OH is 1. The highest BCUT2D eigenvalue weighted by Gasteiger charge is 2.38. The molecule has 0 amide bonds. The number of para-hydroxylation sites is 2. The first-order chi connectivity index (χ1) is 12.5. The van der Waals surface area contributed by atoms with Gasteiger partial charge in [0.1, 0.15) is 0 Å². The third-order valence-electron chi connectivity index (χ3n) is 5.57. The van der Waals surface area contributed by atoms with E-state index in [1.807, 2.05) is 84.1 Å². The van der Waals surface area contributed by atoms with Crippen LogP contribution in [0.5, 0.6) is 0 Å². The van der Waals surface area contributed by atoms with E-state index in [0.29, 0.717) is 0 Å². The minimum Gasteiger partial charge on any atom is -0.392 e. The quantitative estimate of drug-likeness (QED) is 0.695. The normalized spacial score (nSPS) is 16.4. The predicted octanol–water partition coefficient (Wildman–Crippen LogP) is 5.00. The van der Waals surface area contributed by atoms with Crippen molar-refractivity contribution < 1.29 is 9.67 Å². The van der Waals surface area contributed by atoms with E-state index < -0.39 is 13.5 Å². The molecule has 0 aliphatic heterocycles. The summed E-state index contributed by atoms with van der Waals surface area (Å²) in [6, 6.07) is 19.6. The molecule has 0 bridgehead atoms. The van der Waals surface area contributed by atoms with Crippen LogP contribution in [0.25, 0.3) is 0 Å². The summed E-state index contributed by atoms with van der Waals surface area (Å²) in [6.07, 6.45) is 4.12. The van der Waals surface area contributed by atoms with Crippen molar-refractivity contribution in [1.29, 1.82) is 0 Å². The van der Waals surface area contributed by atoms with Gasteiger partial charge in [0.25, 0.3) is 7.44 Å². The summed E-state index contributed by atoms with van der Waals surface area (Å²) in [6.45, 7) is 0. The standard InChI is InChI=1S/C21H29N2O2P/c1-22(19-13-5-3-6-14-19)26(25,17-21(24)18-11-9-10-12-18)23(2)20-15-7-4-8-16-20/h3-8,13-16,18,21,24H,9-12,17H2,1-2H3/t21-/m1/s1. The summed E-state index contributed by atoms with van der Waals surface area (Å²) < 4.78 is 18.0. The lowest BCUT2D eigenvalue weighted by molar-refractivity contribution is 0.131. The molecule has 4 nitrogen and oxygen atoms in total. The maximum Gasteiger partial charge on any atom is 0.265 e. The Morgan fingerprint density at radius 2 is 1.35 bits per heavy atom. The molecule has 0 spiro atoms. The third-order valence-corrected chi connectivity index (χ3v) is 8.75. The van der Waals surface area contributed by atoms with Crippen molar-refractivity contribution in [2.75, 3.05) is 29.6 Å². The monoisotopic (exact) mass is 372 g/mol. The van der Waals surface area contributed by atoms with Gasteiger partial charge in [-0.15, -0.1) is 0 Å². The van der Waals surface area contributed by atoms with Gasteiger partial charge in [0.2, 0.25) is 0 Å². The van der Waals surface area contributed by atoms with Crippen molar-refractivity contribution in [3.63, 3.8) is 0 Å². The number of nitrogens with zero attached hydrogens (tertiary/aromatic N) is 2. The number of hydrogen-bond acceptors (Lipinski definition) is 2. The first-order valence-electron chi connectivity index (χ1n) is 9.38. The zero-order chi connectivity index (χ0) is 18.6. The lowest BCUT2D eigenvalue weighted by Gasteiger charge is -2.39. The van der Waals surface area contributed by atoms with Gasteiger partial charge >= 0.3 is 0 Å². The van der Waals surface area contributed by atoms with Crippen molar-refractivity contribution in [2.45, 2.75) is 31.8 Å². The molecule has 26 heavy (non-hydrogen) atoms. The highest BCUT2D eigenvalue weighted by Crippen LogP contribution is 2.56. The van der Waals surface area contributed by atoms with Gasteiger partial charge in [-0.3, -0.25) is 4.57 Å². The van der Waals surface area contributed by atoms with Gasteiger partial charge in [0, 0.05) is 25.5 Å². The van der Waals surface area contributed by atoms with Gasteiger partial charge < -0.3 is 14.4 Å². The first kappa shape index (κ1) is 19.0. The number of hydrogen-bond donors (Lipinski definition) is 1. The van der Waals surface area contributed by atoms with Crippen molar-refractivity contribution in [3.05, 3.63) is 60.7 Å². The van der Waals surface area contributed by atoms with Crippen molar-refractivity contribution in [1.82, 2.24) is 0 Å². The minimum atomic E-state index is -3.04. The molecule has 1 N–H and O–H groups in total. The Labute approximate surface area is 156 Å². The van der Waals surface area contributed by atoms with E-state index in [0.717, 1.165) is 37.1 Å². The second-order valence-corrected chi connectivity index (χ2v) is 10.1. The van der Waals surface area contributed by atoms with Crippen LogP contribution in [0.1, 0.15) is 25.7 Å². The average molecular weight is 372 g/mol. The molecule has 1 aliphatic carbocycles. The van der Waals surface area contributed by atoms with Crippen LogP contribution in [0.4, 0.5) is 11.4 Å². The van der Waals surface area contributed by atoms with Crippen LogP contribution in [0.15, 0.2) is 60.7 Å². The molecule has 0 heterocycles. The fraction of sp³-hybridized carbons (Fsp3) is 0.429. The van der Waals surface area contributed by atoms with Gasteiger partial charge in [-0.2, -0.15) is 0 Å². The highest BCUT2D eigenvalue weighted by atomic mass is 31.2. The molecule has 3 rings (SSSR count). The molecule has 0 radical (unpaired) electrons. The van der Waals surface area contributed by atoms with E-state index in [9.17, 15) is 9.67 Å². The lowest BCUT2D eigenvalue weighted by atomic mass is 10.0. The second-order valence-electron chi connectivity index (χ2n) is 7.18. The van der Waals surface area contributed by atoms with Gasteiger partial charge in [0.05, 0.1) is 12.3 Å². The number of benzene rings is 2. The zero-order valence-corrected chi connectivity index (χ0v) is 16.6. The molecule has 5 heteroatoms. The van der Waals surface area contributed by atoms with Gasteiger partial charge in [-0.25, -0.2) is 0 Å². The third kappa shape index (κ3) is 3.97. The highest BCUT2D eigenvalue weighted by molar-refractivity contribution is 7.67. The molecule has 0 unspecified atom stereocenters. The molecule has 1 atom stereocenters. The van der Waals surface area contributed by atoms with Crippen LogP contribution in [0, 0.1) is 5.92 Å². The molecule has 1 aliphatic rings. The lowest BCUT2D eigenvalue weighted by Crippen LogP contribution is -2.34. The van der Waals surface area contributed by atoms with E-state index in [1.165, 1.54) is 0 Å². The smallest absolute Gasteiger partial charge is 0.265 e. The summed E-state index contributed by atoms with van der Waals surface area (Å²) in [5, 5.41) is 10.9. The van der Waals surface area contributed by atoms with Gasteiger partial charge in [0.15, 0.2) is 0 Å². The molecular weight excluding hydrogens is 343 g/mol. The van der Waals surface area contributed by atoms with E-state index >= 15 is 0 Å². The molecule has 2 aromatic rings. The summed E-state index contributed by atoms with van der Waals surface area (Å²) in [5.74, 6) is 0.261. The summed E-state index contributed by atoms with van der Waals surface area (Å²) in [5.41, 5.74) is 1.80. The Morgan fingerprint density at radius 1 is 0.923 bits per heavy atom. The van der Waals surface area contributed by atoms with Crippen molar-refractivity contribution in [2.24, 2.45) is 5.92 Å². The SMILES string of the molecule is CN(c1ccccc1)P(=O)(C[C@@H](O)C1CCCC1)N(C)c1ccccc1. The molecule has 2 aromatic carbocycles. The molecule has 0 aromatic heterocycles. The minimum absolute atomic E-state index is 0.261. The van der Waals surface area contributed by atoms with E-state index in [4.69, 9.17) is 0 Å². The fourth-order valence-electron chi connectivity index (χ4n) is 3.83. The number of anilines is 2.